The van der Waals surface area contributed by atoms with Gasteiger partial charge in [-0.05, 0) is 107 Å². The van der Waals surface area contributed by atoms with E-state index in [4.69, 9.17) is 23.5 Å². The van der Waals surface area contributed by atoms with E-state index in [0.29, 0.717) is 42.3 Å². The highest BCUT2D eigenvalue weighted by molar-refractivity contribution is 6.45. The Morgan fingerprint density at radius 2 is 1.90 bits per heavy atom. The Kier molecular flexibility index (Phi) is 7.26. The summed E-state index contributed by atoms with van der Waals surface area (Å²) < 4.78 is 30.7. The molecule has 1 aromatic carbocycles. The van der Waals surface area contributed by atoms with E-state index >= 15 is 0 Å². The molecule has 3 aliphatic heterocycles. The van der Waals surface area contributed by atoms with Crippen molar-refractivity contribution in [2.75, 3.05) is 19.7 Å². The molecule has 41 heavy (non-hydrogen) atoms. The smallest absolute Gasteiger partial charge is 0.457 e. The minimum atomic E-state index is -0.635. The molecule has 8 nitrogen and oxygen atoms in total. The van der Waals surface area contributed by atoms with Crippen LogP contribution >= 0.6 is 0 Å². The summed E-state index contributed by atoms with van der Waals surface area (Å²) in [6.45, 7) is 16.2. The number of likely N-dealkylation sites (tertiary alicyclic amines) is 1. The molecule has 5 atom stereocenters. The van der Waals surface area contributed by atoms with Crippen molar-refractivity contribution in [2.24, 2.45) is 17.3 Å². The molecule has 9 heteroatoms. The minimum absolute atomic E-state index is 0.0343. The van der Waals surface area contributed by atoms with Gasteiger partial charge in [0.1, 0.15) is 29.1 Å². The number of benzene rings is 1. The lowest BCUT2D eigenvalue weighted by Gasteiger charge is -2.64. The molecule has 1 aromatic rings. The van der Waals surface area contributed by atoms with E-state index in [1.807, 2.05) is 39.8 Å². The minimum Gasteiger partial charge on any atom is -0.486 e. The summed E-state index contributed by atoms with van der Waals surface area (Å²) in [6, 6.07) is 3.91. The zero-order chi connectivity index (χ0) is 29.3. The molecule has 0 radical (unpaired) electrons. The van der Waals surface area contributed by atoms with Crippen molar-refractivity contribution in [1.29, 1.82) is 0 Å². The van der Waals surface area contributed by atoms with Gasteiger partial charge in [-0.2, -0.15) is 0 Å². The van der Waals surface area contributed by atoms with Crippen LogP contribution in [0.2, 0.25) is 6.32 Å². The molecule has 3 saturated heterocycles. The molecule has 224 valence electrons. The molecular formula is C32H46BNO7. The van der Waals surface area contributed by atoms with Crippen LogP contribution in [0.25, 0.3) is 0 Å². The van der Waals surface area contributed by atoms with Gasteiger partial charge in [-0.25, -0.2) is 4.79 Å². The van der Waals surface area contributed by atoms with E-state index in [1.54, 1.807) is 4.90 Å². The Hall–Kier alpha value is -2.10. The number of hydrogen-bond acceptors (Lipinski definition) is 7. The fourth-order valence-electron chi connectivity index (χ4n) is 7.88. The highest BCUT2D eigenvalue weighted by Gasteiger charge is 2.67. The number of hydrogen-bond donors (Lipinski definition) is 0. The molecule has 7 rings (SSSR count). The van der Waals surface area contributed by atoms with E-state index in [1.165, 1.54) is 6.42 Å². The van der Waals surface area contributed by atoms with E-state index in [9.17, 15) is 9.59 Å². The van der Waals surface area contributed by atoms with Gasteiger partial charge < -0.3 is 28.4 Å². The number of carbonyl (C=O) groups excluding carboxylic acids is 2. The third kappa shape index (κ3) is 5.20. The first-order valence-corrected chi connectivity index (χ1v) is 15.5. The van der Waals surface area contributed by atoms with E-state index in [0.717, 1.165) is 49.0 Å². The average Bonchev–Trinajstić information content (AvgIpc) is 3.51. The Bertz CT molecular complexity index is 1200. The van der Waals surface area contributed by atoms with Gasteiger partial charge in [0, 0.05) is 6.61 Å². The third-order valence-electron chi connectivity index (χ3n) is 10.5. The number of esters is 1. The van der Waals surface area contributed by atoms with E-state index in [-0.39, 0.29) is 36.9 Å². The van der Waals surface area contributed by atoms with E-state index in [2.05, 4.69) is 20.8 Å². The maximum absolute atomic E-state index is 13.4. The number of ether oxygens (including phenoxy) is 3. The second-order valence-electron chi connectivity index (χ2n) is 14.6. The van der Waals surface area contributed by atoms with Crippen molar-refractivity contribution < 1.29 is 33.1 Å². The lowest BCUT2D eigenvalue weighted by molar-refractivity contribution is -0.199. The normalized spacial score (nSPS) is 32.3. The molecule has 0 N–H and O–H groups in total. The lowest BCUT2D eigenvalue weighted by Crippen LogP contribution is -2.65. The second-order valence-corrected chi connectivity index (χ2v) is 14.6. The van der Waals surface area contributed by atoms with Crippen LogP contribution in [-0.4, -0.2) is 73.1 Å². The highest BCUT2D eigenvalue weighted by Crippen LogP contribution is 2.65. The third-order valence-corrected chi connectivity index (χ3v) is 10.5. The predicted molar refractivity (Wildman–Crippen MR) is 155 cm³/mol. The number of carbonyl (C=O) groups is 2. The molecule has 0 spiro atoms. The SMILES string of the molecule is Cc1c(CCB2O[C@@H]3C[C@@H]4C[C@@H](C4(C)C)[C@]3(C)O2)ccc(OC2CN(C(=O)[C@@H]3CCCO3)C2)c1C(=O)OC(C)(C)C. The molecule has 3 saturated carbocycles. The summed E-state index contributed by atoms with van der Waals surface area (Å²) in [6.07, 6.45) is 5.11. The number of amides is 1. The Morgan fingerprint density at radius 1 is 1.15 bits per heavy atom. The Balaban J connectivity index is 1.13. The van der Waals surface area contributed by atoms with Gasteiger partial charge in [0.05, 0.1) is 24.8 Å². The summed E-state index contributed by atoms with van der Waals surface area (Å²) >= 11 is 0. The molecule has 6 fully saturated rings. The molecule has 2 bridgehead atoms. The van der Waals surface area contributed by atoms with Gasteiger partial charge in [-0.3, -0.25) is 4.79 Å². The summed E-state index contributed by atoms with van der Waals surface area (Å²) in [5, 5.41) is 0. The van der Waals surface area contributed by atoms with Crippen molar-refractivity contribution >= 4 is 19.0 Å². The molecule has 6 aliphatic rings. The van der Waals surface area contributed by atoms with Crippen LogP contribution in [0.1, 0.15) is 88.7 Å². The van der Waals surface area contributed by atoms with E-state index < -0.39 is 11.6 Å². The first-order chi connectivity index (χ1) is 19.3. The van der Waals surface area contributed by atoms with Gasteiger partial charge >= 0.3 is 13.1 Å². The molecule has 3 aliphatic carbocycles. The average molecular weight is 568 g/mol. The van der Waals surface area contributed by atoms with Gasteiger partial charge in [0.25, 0.3) is 5.91 Å². The Labute approximate surface area is 244 Å². The van der Waals surface area contributed by atoms with Crippen molar-refractivity contribution in [3.8, 4) is 5.75 Å². The fourth-order valence-corrected chi connectivity index (χ4v) is 7.88. The Morgan fingerprint density at radius 3 is 2.56 bits per heavy atom. The first-order valence-electron chi connectivity index (χ1n) is 15.5. The quantitative estimate of drug-likeness (QED) is 0.339. The zero-order valence-electron chi connectivity index (χ0n) is 25.8. The second kappa shape index (κ2) is 10.3. The van der Waals surface area contributed by atoms with Gasteiger partial charge in [0.2, 0.25) is 0 Å². The van der Waals surface area contributed by atoms with Crippen LogP contribution in [0.5, 0.6) is 5.75 Å². The predicted octanol–water partition coefficient (Wildman–Crippen LogP) is 4.99. The summed E-state index contributed by atoms with van der Waals surface area (Å²) in [7, 11) is -0.247. The van der Waals surface area contributed by atoms with Gasteiger partial charge in [0.15, 0.2) is 0 Å². The molecule has 3 heterocycles. The van der Waals surface area contributed by atoms with Crippen LogP contribution in [0.4, 0.5) is 0 Å². The number of nitrogens with zero attached hydrogens (tertiary/aromatic N) is 1. The topological polar surface area (TPSA) is 83.5 Å². The standard InChI is InChI=1S/C32H46BNO7/c1-19-20(12-13-33-40-26-16-21-15-25(31(21,5)6)32(26,7)41-33)10-11-23(27(19)29(36)39-30(2,3)4)38-22-17-34(18-22)28(35)24-9-8-14-37-24/h10-11,21-22,24-26H,8-9,12-18H2,1-7H3/t21-,24-,25-,26+,32-/m0/s1. The van der Waals surface area contributed by atoms with Crippen LogP contribution in [0.3, 0.4) is 0 Å². The summed E-state index contributed by atoms with van der Waals surface area (Å²) in [5.41, 5.74) is 1.82. The lowest BCUT2D eigenvalue weighted by atomic mass is 9.43. The largest absolute Gasteiger partial charge is 0.486 e. The van der Waals surface area contributed by atoms with Crippen molar-refractivity contribution in [2.45, 2.75) is 116 Å². The maximum Gasteiger partial charge on any atom is 0.457 e. The monoisotopic (exact) mass is 567 g/mol. The summed E-state index contributed by atoms with van der Waals surface area (Å²) in [4.78, 5) is 27.9. The van der Waals surface area contributed by atoms with Crippen LogP contribution in [0, 0.1) is 24.2 Å². The molecule has 0 unspecified atom stereocenters. The van der Waals surface area contributed by atoms with Crippen LogP contribution in [-0.2, 0) is 30.0 Å². The van der Waals surface area contributed by atoms with Crippen LogP contribution < -0.4 is 4.74 Å². The summed E-state index contributed by atoms with van der Waals surface area (Å²) in [5.74, 6) is 1.39. The van der Waals surface area contributed by atoms with Crippen LogP contribution in [0.15, 0.2) is 12.1 Å². The van der Waals surface area contributed by atoms with Gasteiger partial charge in [-0.1, -0.05) is 19.9 Å². The first kappa shape index (κ1) is 29.0. The van der Waals surface area contributed by atoms with Crippen molar-refractivity contribution in [1.82, 2.24) is 4.90 Å². The van der Waals surface area contributed by atoms with Gasteiger partial charge in [-0.15, -0.1) is 0 Å². The number of aryl methyl sites for hydroxylation is 1. The number of rotatable bonds is 7. The maximum atomic E-state index is 13.4. The molecule has 1 amide bonds. The van der Waals surface area contributed by atoms with Crippen molar-refractivity contribution in [3.63, 3.8) is 0 Å². The fraction of sp³-hybridized carbons (Fsp3) is 0.750. The zero-order valence-corrected chi connectivity index (χ0v) is 25.8. The highest BCUT2D eigenvalue weighted by atomic mass is 16.7. The van der Waals surface area contributed by atoms with Crippen molar-refractivity contribution in [3.05, 3.63) is 28.8 Å². The molecular weight excluding hydrogens is 521 g/mol. The molecule has 0 aromatic heterocycles.